The number of hydrogen-bond donors (Lipinski definition) is 2. The second-order valence-electron chi connectivity index (χ2n) is 8.67. The fourth-order valence-electron chi connectivity index (χ4n) is 3.91. The second kappa shape index (κ2) is 13.9. The Balaban J connectivity index is 1.65. The number of rotatable bonds is 12. The summed E-state index contributed by atoms with van der Waals surface area (Å²) < 4.78 is 5.92. The van der Waals surface area contributed by atoms with Crippen molar-refractivity contribution in [2.45, 2.75) is 19.8 Å². The standard InChI is InChI=1S/C31H36N2O3/c1-4-29(24-10-6-5-7-11-24)31(25-13-17-27(34)18-14-25)26-15-19-28(20-16-26)36-23-22-32-21-9-8-12-30(35)33(2)3/h5-8,10-20,32,34H,4,9,21-23H2,1-3H3. The summed E-state index contributed by atoms with van der Waals surface area (Å²) in [6.45, 7) is 4.25. The van der Waals surface area contributed by atoms with Gasteiger partial charge in [-0.05, 0) is 77.6 Å². The number of phenols is 1. The average Bonchev–Trinajstić information content (AvgIpc) is 2.90. The zero-order chi connectivity index (χ0) is 25.8. The molecular formula is C31H36N2O3. The summed E-state index contributed by atoms with van der Waals surface area (Å²) in [4.78, 5) is 13.1. The van der Waals surface area contributed by atoms with Crippen LogP contribution in [0, 0.1) is 0 Å². The monoisotopic (exact) mass is 484 g/mol. The molecule has 0 radical (unpaired) electrons. The summed E-state index contributed by atoms with van der Waals surface area (Å²) >= 11 is 0. The fraction of sp³-hybridized carbons (Fsp3) is 0.258. The van der Waals surface area contributed by atoms with Crippen molar-refractivity contribution in [3.05, 3.63) is 108 Å². The predicted molar refractivity (Wildman–Crippen MR) is 148 cm³/mol. The Hall–Kier alpha value is -3.83. The molecule has 36 heavy (non-hydrogen) atoms. The van der Waals surface area contributed by atoms with Crippen molar-refractivity contribution in [3.8, 4) is 11.5 Å². The van der Waals surface area contributed by atoms with Crippen LogP contribution >= 0.6 is 0 Å². The summed E-state index contributed by atoms with van der Waals surface area (Å²) in [5.41, 5.74) is 5.76. The highest BCUT2D eigenvalue weighted by molar-refractivity contribution is 5.98. The average molecular weight is 485 g/mol. The molecule has 1 amide bonds. The molecule has 0 spiro atoms. The highest BCUT2D eigenvalue weighted by Gasteiger charge is 2.13. The van der Waals surface area contributed by atoms with Crippen LogP contribution in [0.2, 0.25) is 0 Å². The van der Waals surface area contributed by atoms with Crippen LogP contribution in [0.5, 0.6) is 11.5 Å². The number of ether oxygens (including phenoxy) is 1. The molecule has 188 valence electrons. The van der Waals surface area contributed by atoms with E-state index in [0.29, 0.717) is 6.61 Å². The minimum Gasteiger partial charge on any atom is -0.508 e. The number of aromatic hydroxyl groups is 1. The van der Waals surface area contributed by atoms with Crippen molar-refractivity contribution in [2.24, 2.45) is 0 Å². The van der Waals surface area contributed by atoms with Crippen LogP contribution in [-0.2, 0) is 4.79 Å². The van der Waals surface area contributed by atoms with Gasteiger partial charge in [-0.15, -0.1) is 0 Å². The summed E-state index contributed by atoms with van der Waals surface area (Å²) in [6.07, 6.45) is 5.15. The number of hydrogen-bond acceptors (Lipinski definition) is 4. The molecule has 0 aliphatic carbocycles. The van der Waals surface area contributed by atoms with Gasteiger partial charge in [0.25, 0.3) is 0 Å². The Labute approximate surface area is 214 Å². The van der Waals surface area contributed by atoms with Crippen LogP contribution in [0.15, 0.2) is 91.0 Å². The first kappa shape index (κ1) is 26.8. The predicted octanol–water partition coefficient (Wildman–Crippen LogP) is 5.76. The minimum atomic E-state index is 0.0000184. The molecule has 0 aromatic heterocycles. The number of carbonyl (C=O) groups is 1. The van der Waals surface area contributed by atoms with Crippen molar-refractivity contribution in [1.29, 1.82) is 0 Å². The highest BCUT2D eigenvalue weighted by atomic mass is 16.5. The SMILES string of the molecule is CCC(=C(c1ccc(O)cc1)c1ccc(OCCNCCC=CC(=O)N(C)C)cc1)c1ccccc1. The molecule has 0 aliphatic heterocycles. The maximum Gasteiger partial charge on any atom is 0.245 e. The van der Waals surface area contributed by atoms with Crippen LogP contribution in [0.1, 0.15) is 36.5 Å². The van der Waals surface area contributed by atoms with Crippen LogP contribution < -0.4 is 10.1 Å². The number of phenolic OH excluding ortho intramolecular Hbond substituents is 1. The van der Waals surface area contributed by atoms with Gasteiger partial charge >= 0.3 is 0 Å². The van der Waals surface area contributed by atoms with Gasteiger partial charge < -0.3 is 20.1 Å². The van der Waals surface area contributed by atoms with Crippen LogP contribution in [0.4, 0.5) is 0 Å². The van der Waals surface area contributed by atoms with Crippen LogP contribution in [0.3, 0.4) is 0 Å². The molecule has 0 fully saturated rings. The summed E-state index contributed by atoms with van der Waals surface area (Å²) in [7, 11) is 3.48. The maximum absolute atomic E-state index is 11.5. The number of nitrogens with one attached hydrogen (secondary N) is 1. The summed E-state index contributed by atoms with van der Waals surface area (Å²) in [6, 6.07) is 26.0. The topological polar surface area (TPSA) is 61.8 Å². The largest absolute Gasteiger partial charge is 0.508 e. The number of amides is 1. The molecule has 5 nitrogen and oxygen atoms in total. The molecule has 2 N–H and O–H groups in total. The highest BCUT2D eigenvalue weighted by Crippen LogP contribution is 2.35. The van der Waals surface area contributed by atoms with Gasteiger partial charge in [0, 0.05) is 20.6 Å². The smallest absolute Gasteiger partial charge is 0.245 e. The van der Waals surface area contributed by atoms with Gasteiger partial charge in [0.15, 0.2) is 0 Å². The van der Waals surface area contributed by atoms with Gasteiger partial charge in [-0.25, -0.2) is 0 Å². The van der Waals surface area contributed by atoms with Gasteiger partial charge in [0.2, 0.25) is 5.91 Å². The molecule has 0 unspecified atom stereocenters. The molecule has 3 aromatic carbocycles. The number of carbonyl (C=O) groups excluding carboxylic acids is 1. The van der Waals surface area contributed by atoms with E-state index < -0.39 is 0 Å². The van der Waals surface area contributed by atoms with E-state index in [4.69, 9.17) is 4.74 Å². The van der Waals surface area contributed by atoms with Crippen LogP contribution in [0.25, 0.3) is 11.1 Å². The van der Waals surface area contributed by atoms with Crippen molar-refractivity contribution in [1.82, 2.24) is 10.2 Å². The molecular weight excluding hydrogens is 448 g/mol. The second-order valence-corrected chi connectivity index (χ2v) is 8.67. The Kier molecular flexibility index (Phi) is 10.3. The number of benzene rings is 3. The molecule has 5 heteroatoms. The van der Waals surface area contributed by atoms with E-state index in [9.17, 15) is 9.90 Å². The van der Waals surface area contributed by atoms with E-state index in [-0.39, 0.29) is 11.7 Å². The Morgan fingerprint density at radius 1 is 0.889 bits per heavy atom. The number of nitrogens with zero attached hydrogens (tertiary/aromatic N) is 1. The molecule has 3 rings (SSSR count). The normalized spacial score (nSPS) is 11.9. The van der Waals surface area contributed by atoms with E-state index in [0.717, 1.165) is 48.4 Å². The molecule has 0 atom stereocenters. The first-order chi connectivity index (χ1) is 17.5. The third-order valence-electron chi connectivity index (χ3n) is 5.81. The van der Waals surface area contributed by atoms with Gasteiger partial charge in [-0.1, -0.05) is 67.6 Å². The molecule has 0 saturated carbocycles. The zero-order valence-corrected chi connectivity index (χ0v) is 21.4. The maximum atomic E-state index is 11.5. The van der Waals surface area contributed by atoms with Crippen LogP contribution in [-0.4, -0.2) is 49.7 Å². The van der Waals surface area contributed by atoms with E-state index >= 15 is 0 Å². The van der Waals surface area contributed by atoms with Gasteiger partial charge in [0.1, 0.15) is 18.1 Å². The van der Waals surface area contributed by atoms with Crippen molar-refractivity contribution in [2.75, 3.05) is 33.8 Å². The van der Waals surface area contributed by atoms with Crippen molar-refractivity contribution < 1.29 is 14.6 Å². The number of likely N-dealkylation sites (N-methyl/N-ethyl adjacent to an activating group) is 1. The lowest BCUT2D eigenvalue weighted by molar-refractivity contribution is -0.123. The third kappa shape index (κ3) is 7.85. The quantitative estimate of drug-likeness (QED) is 0.195. The van der Waals surface area contributed by atoms with E-state index in [1.165, 1.54) is 11.1 Å². The van der Waals surface area contributed by atoms with Gasteiger partial charge in [0.05, 0.1) is 0 Å². The molecule has 0 aliphatic rings. The lowest BCUT2D eigenvalue weighted by Crippen LogP contribution is -2.22. The lowest BCUT2D eigenvalue weighted by Gasteiger charge is -2.17. The van der Waals surface area contributed by atoms with Gasteiger partial charge in [-0.2, -0.15) is 0 Å². The Morgan fingerprint density at radius 3 is 2.14 bits per heavy atom. The fourth-order valence-corrected chi connectivity index (χ4v) is 3.91. The molecule has 0 bridgehead atoms. The molecule has 3 aromatic rings. The number of allylic oxidation sites excluding steroid dienone is 1. The zero-order valence-electron chi connectivity index (χ0n) is 21.4. The lowest BCUT2D eigenvalue weighted by atomic mass is 9.88. The minimum absolute atomic E-state index is 0.0000184. The first-order valence-electron chi connectivity index (χ1n) is 12.4. The van der Waals surface area contributed by atoms with E-state index in [1.54, 1.807) is 37.2 Å². The summed E-state index contributed by atoms with van der Waals surface area (Å²) in [5.74, 6) is 1.08. The molecule has 0 saturated heterocycles. The Morgan fingerprint density at radius 2 is 1.53 bits per heavy atom. The Bertz CT molecular complexity index is 1150. The van der Waals surface area contributed by atoms with Gasteiger partial charge in [-0.3, -0.25) is 4.79 Å². The summed E-state index contributed by atoms with van der Waals surface area (Å²) in [5, 5.41) is 13.1. The molecule has 0 heterocycles. The van der Waals surface area contributed by atoms with Crippen molar-refractivity contribution >= 4 is 17.1 Å². The van der Waals surface area contributed by atoms with E-state index in [1.807, 2.05) is 36.4 Å². The van der Waals surface area contributed by atoms with Crippen molar-refractivity contribution in [3.63, 3.8) is 0 Å². The van der Waals surface area contributed by atoms with E-state index in [2.05, 4.69) is 48.6 Å². The third-order valence-corrected chi connectivity index (χ3v) is 5.81. The first-order valence-corrected chi connectivity index (χ1v) is 12.4.